The van der Waals surface area contributed by atoms with E-state index in [1.807, 2.05) is 13.8 Å². The van der Waals surface area contributed by atoms with Gasteiger partial charge >= 0.3 is 5.69 Å². The molecule has 0 unspecified atom stereocenters. The van der Waals surface area contributed by atoms with E-state index in [0.29, 0.717) is 4.68 Å². The van der Waals surface area contributed by atoms with Crippen molar-refractivity contribution in [3.05, 3.63) is 53.0 Å². The first-order valence-electron chi connectivity index (χ1n) is 5.38. The molecule has 18 heavy (non-hydrogen) atoms. The Hall–Kier alpha value is -2.50. The van der Waals surface area contributed by atoms with Gasteiger partial charge in [0, 0.05) is 12.3 Å². The lowest BCUT2D eigenvalue weighted by Crippen LogP contribution is -2.27. The Morgan fingerprint density at radius 3 is 2.39 bits per heavy atom. The predicted octanol–water partition coefficient (Wildman–Crippen LogP) is 1.26. The fourth-order valence-corrected chi connectivity index (χ4v) is 1.05. The second-order valence-electron chi connectivity index (χ2n) is 3.21. The van der Waals surface area contributed by atoms with Gasteiger partial charge in [-0.25, -0.2) is 4.79 Å². The van der Waals surface area contributed by atoms with Gasteiger partial charge in [0.05, 0.1) is 0 Å². The largest absolute Gasteiger partial charge is 0.375 e. The van der Waals surface area contributed by atoms with E-state index in [-0.39, 0.29) is 0 Å². The Bertz CT molecular complexity index is 573. The Morgan fingerprint density at radius 2 is 1.72 bits per heavy atom. The number of hydrogen-bond donors (Lipinski definition) is 0. The maximum Gasteiger partial charge on any atom is 0.375 e. The van der Waals surface area contributed by atoms with Gasteiger partial charge < -0.3 is 0 Å². The van der Waals surface area contributed by atoms with Crippen LogP contribution in [0.3, 0.4) is 0 Å². The van der Waals surface area contributed by atoms with Gasteiger partial charge in [-0.1, -0.05) is 30.4 Å². The molecule has 1 aromatic heterocycles. The Balaban J connectivity index is 2.93. The zero-order valence-electron chi connectivity index (χ0n) is 10.2. The van der Waals surface area contributed by atoms with Crippen LogP contribution in [0.1, 0.15) is 18.6 Å². The summed E-state index contributed by atoms with van der Waals surface area (Å²) in [6.07, 6.45) is 12.8. The van der Waals surface area contributed by atoms with Crippen LogP contribution in [0.5, 0.6) is 0 Å². The first-order valence-corrected chi connectivity index (χ1v) is 5.38. The molecule has 0 spiro atoms. The number of nitrogens with zero attached hydrogens (tertiary/aromatic N) is 4. The van der Waals surface area contributed by atoms with Crippen molar-refractivity contribution < 1.29 is 4.79 Å². The standard InChI is InChI=1S/C12H14N4O2/c1-3-5-7-9-11(17)16-12(18)15(13-14-16)10-8-6-4-2/h3-10H,1-2H3. The van der Waals surface area contributed by atoms with Crippen LogP contribution in [0, 0.1) is 0 Å². The molecular weight excluding hydrogens is 232 g/mol. The number of rotatable bonds is 4. The minimum atomic E-state index is -0.606. The summed E-state index contributed by atoms with van der Waals surface area (Å²) in [6, 6.07) is 0. The van der Waals surface area contributed by atoms with E-state index >= 15 is 0 Å². The molecule has 0 saturated carbocycles. The Kier molecular flexibility index (Phi) is 5.24. The minimum Gasteiger partial charge on any atom is -0.267 e. The van der Waals surface area contributed by atoms with Crippen LogP contribution < -0.4 is 5.69 Å². The van der Waals surface area contributed by atoms with Gasteiger partial charge in [0.25, 0.3) is 5.91 Å². The first-order chi connectivity index (χ1) is 8.70. The van der Waals surface area contributed by atoms with E-state index in [4.69, 9.17) is 0 Å². The highest BCUT2D eigenvalue weighted by Gasteiger charge is 2.09. The van der Waals surface area contributed by atoms with E-state index in [9.17, 15) is 9.59 Å². The zero-order valence-corrected chi connectivity index (χ0v) is 10.2. The third-order valence-corrected chi connectivity index (χ3v) is 1.88. The fourth-order valence-electron chi connectivity index (χ4n) is 1.05. The van der Waals surface area contributed by atoms with Crippen molar-refractivity contribution in [1.82, 2.24) is 19.8 Å². The molecule has 0 amide bonds. The highest BCUT2D eigenvalue weighted by atomic mass is 16.2. The molecule has 0 N–H and O–H groups in total. The highest BCUT2D eigenvalue weighted by molar-refractivity contribution is 5.89. The van der Waals surface area contributed by atoms with Crippen molar-refractivity contribution in [3.8, 4) is 0 Å². The number of carbonyl (C=O) groups excluding carboxylic acids is 1. The Labute approximate surface area is 104 Å². The number of tetrazole rings is 1. The predicted molar refractivity (Wildman–Crippen MR) is 69.0 cm³/mol. The molecule has 1 heterocycles. The lowest BCUT2D eigenvalue weighted by Gasteiger charge is -1.88. The van der Waals surface area contributed by atoms with Gasteiger partial charge in [-0.2, -0.15) is 4.68 Å². The molecule has 1 rings (SSSR count). The lowest BCUT2D eigenvalue weighted by atomic mass is 10.4. The molecule has 6 heteroatoms. The molecule has 0 aliphatic heterocycles. The summed E-state index contributed by atoms with van der Waals surface area (Å²) in [4.78, 5) is 23.3. The maximum atomic E-state index is 11.7. The molecule has 94 valence electrons. The first kappa shape index (κ1) is 13.6. The van der Waals surface area contributed by atoms with E-state index in [0.717, 1.165) is 4.68 Å². The minimum absolute atomic E-state index is 0.538. The van der Waals surface area contributed by atoms with Crippen molar-refractivity contribution in [3.63, 3.8) is 0 Å². The fraction of sp³-hybridized carbons (Fsp3) is 0.167. The van der Waals surface area contributed by atoms with Crippen LogP contribution >= 0.6 is 0 Å². The average Bonchev–Trinajstić information content (AvgIpc) is 2.72. The van der Waals surface area contributed by atoms with E-state index in [1.165, 1.54) is 18.4 Å². The average molecular weight is 246 g/mol. The zero-order chi connectivity index (χ0) is 13.4. The van der Waals surface area contributed by atoms with Gasteiger partial charge in [-0.05, 0) is 30.4 Å². The molecule has 0 saturated heterocycles. The van der Waals surface area contributed by atoms with Crippen LogP contribution in [0.4, 0.5) is 0 Å². The van der Waals surface area contributed by atoms with Crippen molar-refractivity contribution in [2.45, 2.75) is 13.8 Å². The molecule has 0 radical (unpaired) electrons. The molecule has 0 aliphatic carbocycles. The van der Waals surface area contributed by atoms with Crippen molar-refractivity contribution in [1.29, 1.82) is 0 Å². The summed E-state index contributed by atoms with van der Waals surface area (Å²) in [6.45, 7) is 3.67. The highest BCUT2D eigenvalue weighted by Crippen LogP contribution is 1.84. The van der Waals surface area contributed by atoms with Crippen molar-refractivity contribution in [2.75, 3.05) is 0 Å². The van der Waals surface area contributed by atoms with Crippen molar-refractivity contribution >= 4 is 12.1 Å². The lowest BCUT2D eigenvalue weighted by molar-refractivity contribution is 0.0948. The molecule has 0 fully saturated rings. The normalized spacial score (nSPS) is 12.6. The second kappa shape index (κ2) is 6.95. The Morgan fingerprint density at radius 1 is 1.06 bits per heavy atom. The molecular formula is C12H14N4O2. The van der Waals surface area contributed by atoms with Crippen LogP contribution in [0.15, 0.2) is 47.3 Å². The molecule has 0 aliphatic rings. The monoisotopic (exact) mass is 246 g/mol. The van der Waals surface area contributed by atoms with E-state index < -0.39 is 11.6 Å². The SMILES string of the molecule is CC=CC=CC(=O)n1nnn(C=CC=CC)c1=O. The molecule has 6 nitrogen and oxygen atoms in total. The maximum absolute atomic E-state index is 11.7. The van der Waals surface area contributed by atoms with E-state index in [2.05, 4.69) is 10.4 Å². The smallest absolute Gasteiger partial charge is 0.267 e. The molecule has 0 bridgehead atoms. The topological polar surface area (TPSA) is 69.8 Å². The van der Waals surface area contributed by atoms with Crippen LogP contribution in [-0.4, -0.2) is 25.7 Å². The summed E-state index contributed by atoms with van der Waals surface area (Å²) >= 11 is 0. The molecule has 0 aromatic carbocycles. The van der Waals surface area contributed by atoms with Gasteiger partial charge in [0.2, 0.25) is 0 Å². The number of hydrogen-bond acceptors (Lipinski definition) is 4. The van der Waals surface area contributed by atoms with Gasteiger partial charge in [-0.3, -0.25) is 4.79 Å². The van der Waals surface area contributed by atoms with Gasteiger partial charge in [0.15, 0.2) is 0 Å². The summed E-state index contributed by atoms with van der Waals surface area (Å²) < 4.78 is 1.68. The second-order valence-corrected chi connectivity index (χ2v) is 3.21. The van der Waals surface area contributed by atoms with Crippen LogP contribution in [-0.2, 0) is 0 Å². The number of aromatic nitrogens is 4. The summed E-state index contributed by atoms with van der Waals surface area (Å²) in [7, 11) is 0. The van der Waals surface area contributed by atoms with Crippen LogP contribution in [0.2, 0.25) is 0 Å². The summed E-state index contributed by atoms with van der Waals surface area (Å²) in [5.41, 5.74) is -0.606. The number of allylic oxidation sites excluding steroid dienone is 7. The van der Waals surface area contributed by atoms with Crippen molar-refractivity contribution in [2.24, 2.45) is 0 Å². The molecule has 0 atom stereocenters. The van der Waals surface area contributed by atoms with Crippen LogP contribution in [0.25, 0.3) is 6.20 Å². The quantitative estimate of drug-likeness (QED) is 0.455. The molecule has 1 aromatic rings. The van der Waals surface area contributed by atoms with E-state index in [1.54, 1.807) is 30.4 Å². The van der Waals surface area contributed by atoms with Gasteiger partial charge in [-0.15, -0.1) is 4.68 Å². The van der Waals surface area contributed by atoms with Gasteiger partial charge in [0.1, 0.15) is 0 Å². The third-order valence-electron chi connectivity index (χ3n) is 1.88. The summed E-state index contributed by atoms with van der Waals surface area (Å²) in [5.74, 6) is -0.538. The number of carbonyl (C=O) groups is 1. The third kappa shape index (κ3) is 3.51. The summed E-state index contributed by atoms with van der Waals surface area (Å²) in [5, 5.41) is 7.05.